The molecule has 0 spiro atoms. The highest BCUT2D eigenvalue weighted by Gasteiger charge is 2.38. The van der Waals surface area contributed by atoms with Crippen LogP contribution in [0.15, 0.2) is 55.2 Å². The summed E-state index contributed by atoms with van der Waals surface area (Å²) in [7, 11) is -3.33. The molecule has 1 amide bonds. The number of hydrogen-bond acceptors (Lipinski definition) is 8. The Kier molecular flexibility index (Phi) is 7.42. The van der Waals surface area contributed by atoms with Crippen molar-refractivity contribution in [3.63, 3.8) is 0 Å². The van der Waals surface area contributed by atoms with Gasteiger partial charge in [0.15, 0.2) is 0 Å². The number of halogens is 3. The molecule has 0 radical (unpaired) electrons. The number of hydrogen-bond donors (Lipinski definition) is 2. The van der Waals surface area contributed by atoms with Gasteiger partial charge in [0.25, 0.3) is 5.91 Å². The van der Waals surface area contributed by atoms with E-state index in [0.29, 0.717) is 41.3 Å². The zero-order valence-corrected chi connectivity index (χ0v) is 23.1. The van der Waals surface area contributed by atoms with Crippen molar-refractivity contribution in [2.45, 2.75) is 44.3 Å². The van der Waals surface area contributed by atoms with Crippen molar-refractivity contribution in [1.29, 1.82) is 0 Å². The minimum atomic E-state index is -4.42. The van der Waals surface area contributed by atoms with Crippen LogP contribution in [0.4, 0.5) is 24.7 Å². The molecule has 1 aliphatic rings. The van der Waals surface area contributed by atoms with Crippen LogP contribution in [-0.4, -0.2) is 61.5 Å². The Bertz CT molecular complexity index is 1670. The summed E-state index contributed by atoms with van der Waals surface area (Å²) in [4.78, 5) is 30.1. The number of carbonyl (C=O) groups is 1. The minimum Gasteiger partial charge on any atom is -0.343 e. The Morgan fingerprint density at radius 1 is 1.00 bits per heavy atom. The summed E-state index contributed by atoms with van der Waals surface area (Å²) >= 11 is 0. The largest absolute Gasteiger partial charge is 0.416 e. The second-order valence-corrected chi connectivity index (χ2v) is 12.5. The number of pyridine rings is 1. The molecule has 3 aromatic heterocycles. The van der Waals surface area contributed by atoms with Gasteiger partial charge in [0, 0.05) is 18.8 Å². The summed E-state index contributed by atoms with van der Waals surface area (Å²) in [5.74, 6) is -0.123. The van der Waals surface area contributed by atoms with Gasteiger partial charge in [-0.2, -0.15) is 17.5 Å². The van der Waals surface area contributed by atoms with Gasteiger partial charge in [0.2, 0.25) is 10.0 Å². The molecular formula is C26H27F3N8O3S. The number of amides is 1. The van der Waals surface area contributed by atoms with Gasteiger partial charge >= 0.3 is 6.18 Å². The van der Waals surface area contributed by atoms with Crippen LogP contribution in [0.5, 0.6) is 0 Å². The van der Waals surface area contributed by atoms with Gasteiger partial charge < -0.3 is 15.2 Å². The highest BCUT2D eigenvalue weighted by molar-refractivity contribution is 7.89. The Morgan fingerprint density at radius 3 is 2.32 bits per heavy atom. The molecule has 2 N–H and O–H groups in total. The number of imidazole rings is 1. The predicted octanol–water partition coefficient (Wildman–Crippen LogP) is 4.07. The molecule has 216 valence electrons. The van der Waals surface area contributed by atoms with Crippen LogP contribution < -0.4 is 10.6 Å². The van der Waals surface area contributed by atoms with Crippen LogP contribution in [0.1, 0.15) is 54.6 Å². The van der Waals surface area contributed by atoms with Crippen molar-refractivity contribution in [1.82, 2.24) is 34.1 Å². The van der Waals surface area contributed by atoms with Crippen LogP contribution >= 0.6 is 0 Å². The first kappa shape index (κ1) is 28.4. The topological polar surface area (TPSA) is 135 Å². The van der Waals surface area contributed by atoms with Crippen molar-refractivity contribution >= 4 is 38.5 Å². The first-order chi connectivity index (χ1) is 19.3. The molecule has 1 aromatic carbocycles. The summed E-state index contributed by atoms with van der Waals surface area (Å²) in [6.45, 7) is 5.68. The minimum absolute atomic E-state index is 0.101. The van der Waals surface area contributed by atoms with Crippen LogP contribution in [0.2, 0.25) is 0 Å². The number of nitrogens with zero attached hydrogens (tertiary/aromatic N) is 6. The lowest BCUT2D eigenvalue weighted by atomic mass is 10.1. The van der Waals surface area contributed by atoms with E-state index in [1.54, 1.807) is 33.2 Å². The molecule has 1 atom stereocenters. The van der Waals surface area contributed by atoms with E-state index in [0.717, 1.165) is 12.1 Å². The molecule has 11 nitrogen and oxygen atoms in total. The molecule has 15 heteroatoms. The molecule has 41 heavy (non-hydrogen) atoms. The smallest absolute Gasteiger partial charge is 0.343 e. The third-order valence-corrected chi connectivity index (χ3v) is 9.03. The van der Waals surface area contributed by atoms with Gasteiger partial charge in [-0.3, -0.25) is 9.78 Å². The molecule has 1 fully saturated rings. The number of sulfonamides is 1. The monoisotopic (exact) mass is 588 g/mol. The van der Waals surface area contributed by atoms with E-state index < -0.39 is 39.0 Å². The first-order valence-corrected chi connectivity index (χ1v) is 14.2. The summed E-state index contributed by atoms with van der Waals surface area (Å²) < 4.78 is 66.3. The van der Waals surface area contributed by atoms with E-state index in [1.165, 1.54) is 35.0 Å². The summed E-state index contributed by atoms with van der Waals surface area (Å²) in [5.41, 5.74) is 1.54. The van der Waals surface area contributed by atoms with Crippen molar-refractivity contribution in [2.75, 3.05) is 18.4 Å². The van der Waals surface area contributed by atoms with Gasteiger partial charge in [-0.05, 0) is 51.1 Å². The molecule has 1 saturated heterocycles. The van der Waals surface area contributed by atoms with Gasteiger partial charge in [-0.1, -0.05) is 0 Å². The molecule has 0 bridgehead atoms. The molecule has 0 saturated carbocycles. The highest BCUT2D eigenvalue weighted by Crippen LogP contribution is 2.31. The van der Waals surface area contributed by atoms with Crippen LogP contribution in [0.25, 0.3) is 11.0 Å². The van der Waals surface area contributed by atoms with Crippen molar-refractivity contribution < 1.29 is 26.4 Å². The molecule has 4 aromatic rings. The average molecular weight is 589 g/mol. The number of aromatic nitrogens is 5. The maximum absolute atomic E-state index is 13.0. The van der Waals surface area contributed by atoms with E-state index in [9.17, 15) is 26.4 Å². The van der Waals surface area contributed by atoms with Crippen LogP contribution in [0, 0.1) is 0 Å². The van der Waals surface area contributed by atoms with Gasteiger partial charge in [-0.25, -0.2) is 23.4 Å². The van der Waals surface area contributed by atoms with E-state index in [4.69, 9.17) is 0 Å². The van der Waals surface area contributed by atoms with Crippen LogP contribution in [0.3, 0.4) is 0 Å². The third-order valence-electron chi connectivity index (χ3n) is 6.82. The Hall–Kier alpha value is -4.11. The third kappa shape index (κ3) is 5.86. The van der Waals surface area contributed by atoms with E-state index in [1.807, 2.05) is 4.57 Å². The lowest BCUT2D eigenvalue weighted by molar-refractivity contribution is -0.137. The number of nitrogens with one attached hydrogen (secondary N) is 2. The summed E-state index contributed by atoms with van der Waals surface area (Å²) in [5, 5.41) is 5.21. The second-order valence-electron chi connectivity index (χ2n) is 10.00. The quantitative estimate of drug-likeness (QED) is 0.315. The lowest BCUT2D eigenvalue weighted by Gasteiger charge is -2.39. The van der Waals surface area contributed by atoms with Crippen molar-refractivity contribution in [3.8, 4) is 0 Å². The normalized spacial score (nSPS) is 15.6. The molecule has 5 rings (SSSR count). The number of anilines is 2. The standard InChI is InChI=1S/C26H27F3N8O3S/c1-15(2)41(39,40)36-12-19(13-36)37-14-33-22-10-30-20(8-23(22)37)25(38)34-16(3)21-9-32-24(11-31-21)35-18-6-4-17(5-7-18)26(27,28)29/h4-11,14-16,19H,12-13H2,1-3H3,(H,32,35)(H,34,38)/t16-/m1/s1. The predicted molar refractivity (Wildman–Crippen MR) is 145 cm³/mol. The fourth-order valence-electron chi connectivity index (χ4n) is 4.31. The van der Waals surface area contributed by atoms with E-state index in [-0.39, 0.29) is 11.7 Å². The fraction of sp³-hybridized carbons (Fsp3) is 0.346. The van der Waals surface area contributed by atoms with Gasteiger partial charge in [0.1, 0.15) is 17.0 Å². The number of benzene rings is 1. The maximum atomic E-state index is 13.0. The van der Waals surface area contributed by atoms with Gasteiger partial charge in [-0.15, -0.1) is 0 Å². The Labute approximate surface area is 233 Å². The fourth-order valence-corrected chi connectivity index (χ4v) is 5.66. The molecule has 4 heterocycles. The summed E-state index contributed by atoms with van der Waals surface area (Å²) in [6.07, 6.45) is 1.57. The number of carbonyl (C=O) groups excluding carboxylic acids is 1. The van der Waals surface area contributed by atoms with Crippen LogP contribution in [-0.2, 0) is 16.2 Å². The van der Waals surface area contributed by atoms with E-state index >= 15 is 0 Å². The van der Waals surface area contributed by atoms with Gasteiger partial charge in [0.05, 0.1) is 59.0 Å². The molecule has 0 unspecified atom stereocenters. The Morgan fingerprint density at radius 2 is 1.71 bits per heavy atom. The number of fused-ring (bicyclic) bond motifs is 1. The Balaban J connectivity index is 1.22. The second kappa shape index (κ2) is 10.7. The highest BCUT2D eigenvalue weighted by atomic mass is 32.2. The molecule has 1 aliphatic heterocycles. The SMILES string of the molecule is CC(C)S(=O)(=O)N1CC(n2cnc3cnc(C(=O)N[C@H](C)c4cnc(Nc5ccc(C(F)(F)F)cc5)cn4)cc32)C1. The zero-order chi connectivity index (χ0) is 29.5. The van der Waals surface area contributed by atoms with Crippen molar-refractivity contribution in [2.24, 2.45) is 0 Å². The first-order valence-electron chi connectivity index (χ1n) is 12.7. The summed E-state index contributed by atoms with van der Waals surface area (Å²) in [6, 6.07) is 5.52. The number of rotatable bonds is 8. The maximum Gasteiger partial charge on any atom is 0.416 e. The molecular weight excluding hydrogens is 561 g/mol. The van der Waals surface area contributed by atoms with Crippen molar-refractivity contribution in [3.05, 3.63) is 72.2 Å². The average Bonchev–Trinajstić information content (AvgIpc) is 3.30. The zero-order valence-electron chi connectivity index (χ0n) is 22.3. The number of alkyl halides is 3. The molecule has 0 aliphatic carbocycles. The lowest BCUT2D eigenvalue weighted by Crippen LogP contribution is -2.52. The van der Waals surface area contributed by atoms with E-state index in [2.05, 4.69) is 30.6 Å².